The van der Waals surface area contributed by atoms with Gasteiger partial charge in [0.25, 0.3) is 5.91 Å². The summed E-state index contributed by atoms with van der Waals surface area (Å²) in [6.07, 6.45) is 0.896. The van der Waals surface area contributed by atoms with Crippen LogP contribution >= 0.6 is 0 Å². The number of benzene rings is 2. The van der Waals surface area contributed by atoms with E-state index in [1.165, 1.54) is 7.11 Å². The minimum absolute atomic E-state index is 0.345. The minimum atomic E-state index is -1.66. The van der Waals surface area contributed by atoms with E-state index >= 15 is 0 Å². The molecule has 2 rings (SSSR count). The van der Waals surface area contributed by atoms with E-state index in [0.29, 0.717) is 11.4 Å². The zero-order valence-corrected chi connectivity index (χ0v) is 13.9. The Morgan fingerprint density at radius 2 is 1.88 bits per heavy atom. The maximum absolute atomic E-state index is 13.6. The van der Waals surface area contributed by atoms with Gasteiger partial charge in [-0.25, -0.2) is 13.2 Å². The van der Waals surface area contributed by atoms with Crippen molar-refractivity contribution in [2.45, 2.75) is 6.92 Å². The Hall–Kier alpha value is -3.47. The van der Waals surface area contributed by atoms with Crippen molar-refractivity contribution < 1.29 is 22.7 Å². The topological polar surface area (TPSA) is 74.1 Å². The highest BCUT2D eigenvalue weighted by molar-refractivity contribution is 6.07. The van der Waals surface area contributed by atoms with E-state index in [-0.39, 0.29) is 0 Å². The van der Waals surface area contributed by atoms with Gasteiger partial charge in [-0.15, -0.1) is 0 Å². The van der Waals surface area contributed by atoms with Gasteiger partial charge in [-0.2, -0.15) is 5.26 Å². The normalized spacial score (nSPS) is 10.8. The molecule has 2 aromatic rings. The smallest absolute Gasteiger partial charge is 0.267 e. The first-order valence-corrected chi connectivity index (χ1v) is 7.33. The number of nitrogens with zero attached hydrogens (tertiary/aromatic N) is 1. The Morgan fingerprint density at radius 3 is 2.54 bits per heavy atom. The second kappa shape index (κ2) is 8.07. The van der Waals surface area contributed by atoms with Gasteiger partial charge in [-0.1, -0.05) is 6.07 Å². The number of ether oxygens (including phenoxy) is 1. The number of carbonyl (C=O) groups is 1. The largest absolute Gasteiger partial charge is 0.495 e. The van der Waals surface area contributed by atoms with Crippen LogP contribution in [0, 0.1) is 35.7 Å². The summed E-state index contributed by atoms with van der Waals surface area (Å²) in [5.74, 6) is -4.86. The molecule has 2 aromatic carbocycles. The zero-order valence-electron chi connectivity index (χ0n) is 13.9. The van der Waals surface area contributed by atoms with Gasteiger partial charge < -0.3 is 15.4 Å². The first kappa shape index (κ1) is 18.9. The molecule has 0 aliphatic carbocycles. The van der Waals surface area contributed by atoms with Gasteiger partial charge in [0.15, 0.2) is 17.5 Å². The summed E-state index contributed by atoms with van der Waals surface area (Å²) in [4.78, 5) is 12.2. The summed E-state index contributed by atoms with van der Waals surface area (Å²) in [7, 11) is 1.43. The van der Waals surface area contributed by atoms with E-state index in [1.54, 1.807) is 24.3 Å². The molecule has 0 saturated heterocycles. The molecule has 0 fully saturated rings. The van der Waals surface area contributed by atoms with Crippen LogP contribution in [0.1, 0.15) is 5.56 Å². The number of halogens is 3. The lowest BCUT2D eigenvalue weighted by molar-refractivity contribution is -0.112. The third-order valence-electron chi connectivity index (χ3n) is 3.38. The Kier molecular flexibility index (Phi) is 5.86. The molecular formula is C18H14F3N3O2. The molecule has 0 atom stereocenters. The van der Waals surface area contributed by atoms with Crippen LogP contribution in [0.25, 0.3) is 0 Å². The highest BCUT2D eigenvalue weighted by Gasteiger charge is 2.15. The molecule has 0 unspecified atom stereocenters. The van der Waals surface area contributed by atoms with Crippen LogP contribution in [-0.2, 0) is 4.79 Å². The van der Waals surface area contributed by atoms with Gasteiger partial charge in [0.1, 0.15) is 17.4 Å². The number of hydrogen-bond donors (Lipinski definition) is 2. The molecule has 0 bridgehead atoms. The molecule has 1 amide bonds. The molecule has 26 heavy (non-hydrogen) atoms. The average Bonchev–Trinajstić information content (AvgIpc) is 2.62. The van der Waals surface area contributed by atoms with E-state index < -0.39 is 34.6 Å². The van der Waals surface area contributed by atoms with Crippen LogP contribution in [0.3, 0.4) is 0 Å². The number of hydrogen-bond acceptors (Lipinski definition) is 4. The number of aryl methyl sites for hydroxylation is 1. The summed E-state index contributed by atoms with van der Waals surface area (Å²) >= 11 is 0. The fourth-order valence-electron chi connectivity index (χ4n) is 2.05. The van der Waals surface area contributed by atoms with Crippen molar-refractivity contribution in [3.63, 3.8) is 0 Å². The summed E-state index contributed by atoms with van der Waals surface area (Å²) in [5, 5.41) is 13.9. The molecule has 0 radical (unpaired) electrons. The Bertz CT molecular complexity index is 921. The molecule has 134 valence electrons. The monoisotopic (exact) mass is 361 g/mol. The zero-order chi connectivity index (χ0) is 19.3. The molecule has 0 spiro atoms. The fraction of sp³-hybridized carbons (Fsp3) is 0.111. The first-order chi connectivity index (χ1) is 12.4. The van der Waals surface area contributed by atoms with Gasteiger partial charge in [0, 0.05) is 6.20 Å². The van der Waals surface area contributed by atoms with Crippen molar-refractivity contribution >= 4 is 17.3 Å². The molecule has 2 N–H and O–H groups in total. The van der Waals surface area contributed by atoms with E-state index in [1.807, 2.05) is 6.92 Å². The molecule has 0 aromatic heterocycles. The summed E-state index contributed by atoms with van der Waals surface area (Å²) in [6.45, 7) is 1.81. The lowest BCUT2D eigenvalue weighted by Gasteiger charge is -2.11. The summed E-state index contributed by atoms with van der Waals surface area (Å²) < 4.78 is 44.8. The molecule has 0 aliphatic rings. The Balaban J connectivity index is 2.22. The first-order valence-electron chi connectivity index (χ1n) is 7.33. The molecule has 0 heterocycles. The van der Waals surface area contributed by atoms with Gasteiger partial charge in [-0.3, -0.25) is 4.79 Å². The molecule has 5 nitrogen and oxygen atoms in total. The average molecular weight is 361 g/mol. The van der Waals surface area contributed by atoms with Crippen molar-refractivity contribution in [1.82, 2.24) is 0 Å². The lowest BCUT2D eigenvalue weighted by atomic mass is 10.2. The lowest BCUT2D eigenvalue weighted by Crippen LogP contribution is -2.15. The van der Waals surface area contributed by atoms with Crippen LogP contribution in [0.5, 0.6) is 5.75 Å². The van der Waals surface area contributed by atoms with E-state index in [9.17, 15) is 18.0 Å². The van der Waals surface area contributed by atoms with Crippen molar-refractivity contribution in [2.24, 2.45) is 0 Å². The number of amides is 1. The molecule has 0 aliphatic heterocycles. The van der Waals surface area contributed by atoms with Crippen LogP contribution in [0.15, 0.2) is 42.1 Å². The highest BCUT2D eigenvalue weighted by atomic mass is 19.2. The van der Waals surface area contributed by atoms with Crippen LogP contribution in [0.2, 0.25) is 0 Å². The summed E-state index contributed by atoms with van der Waals surface area (Å²) in [6, 6.07) is 8.39. The molecule has 8 heteroatoms. The SMILES string of the molecule is COc1ccc(C)cc1NC(=O)/C(C#N)=C\Nc1ccc(F)c(F)c1F. The second-order valence-corrected chi connectivity index (χ2v) is 5.19. The van der Waals surface area contributed by atoms with Crippen LogP contribution in [-0.4, -0.2) is 13.0 Å². The maximum atomic E-state index is 13.6. The van der Waals surface area contributed by atoms with Gasteiger partial charge >= 0.3 is 0 Å². The number of methoxy groups -OCH3 is 1. The molecule has 0 saturated carbocycles. The van der Waals surface area contributed by atoms with Crippen molar-refractivity contribution in [1.29, 1.82) is 5.26 Å². The number of anilines is 2. The van der Waals surface area contributed by atoms with Crippen LogP contribution < -0.4 is 15.4 Å². The minimum Gasteiger partial charge on any atom is -0.495 e. The number of carbonyl (C=O) groups excluding carboxylic acids is 1. The summed E-state index contributed by atoms with van der Waals surface area (Å²) in [5.41, 5.74) is 0.374. The highest BCUT2D eigenvalue weighted by Crippen LogP contribution is 2.25. The van der Waals surface area contributed by atoms with Gasteiger partial charge in [0.05, 0.1) is 18.5 Å². The maximum Gasteiger partial charge on any atom is 0.267 e. The second-order valence-electron chi connectivity index (χ2n) is 5.19. The third-order valence-corrected chi connectivity index (χ3v) is 3.38. The van der Waals surface area contributed by atoms with Gasteiger partial charge in [-0.05, 0) is 36.8 Å². The van der Waals surface area contributed by atoms with Crippen molar-refractivity contribution in [2.75, 3.05) is 17.7 Å². The molecular weight excluding hydrogens is 347 g/mol. The van der Waals surface area contributed by atoms with Crippen molar-refractivity contribution in [3.8, 4) is 11.8 Å². The third kappa shape index (κ3) is 4.13. The standard InChI is InChI=1S/C18H14F3N3O2/c1-10-3-6-15(26-2)14(7-10)24-18(25)11(8-22)9-23-13-5-4-12(19)16(20)17(13)21/h3-7,9,23H,1-2H3,(H,24,25)/b11-9-. The van der Waals surface area contributed by atoms with Crippen LogP contribution in [0.4, 0.5) is 24.5 Å². The number of nitrogens with one attached hydrogen (secondary N) is 2. The Labute approximate surface area is 147 Å². The fourth-order valence-corrected chi connectivity index (χ4v) is 2.05. The predicted octanol–water partition coefficient (Wildman–Crippen LogP) is 3.88. The number of rotatable bonds is 5. The van der Waals surface area contributed by atoms with E-state index in [2.05, 4.69) is 10.6 Å². The van der Waals surface area contributed by atoms with E-state index in [0.717, 1.165) is 23.9 Å². The van der Waals surface area contributed by atoms with E-state index in [4.69, 9.17) is 10.00 Å². The predicted molar refractivity (Wildman–Crippen MR) is 90.0 cm³/mol. The van der Waals surface area contributed by atoms with Crippen molar-refractivity contribution in [3.05, 3.63) is 65.1 Å². The number of nitriles is 1. The quantitative estimate of drug-likeness (QED) is 0.482. The Morgan fingerprint density at radius 1 is 1.15 bits per heavy atom. The van der Waals surface area contributed by atoms with Gasteiger partial charge in [0.2, 0.25) is 0 Å².